The minimum Gasteiger partial charge on any atom is -0.504 e. The van der Waals surface area contributed by atoms with Gasteiger partial charge in [-0.05, 0) is 50.9 Å². The quantitative estimate of drug-likeness (QED) is 0.775. The van der Waals surface area contributed by atoms with E-state index in [0.717, 1.165) is 44.8 Å². The highest BCUT2D eigenvalue weighted by Crippen LogP contribution is 2.34. The molecule has 3 rings (SSSR count). The molecule has 0 radical (unpaired) electrons. The standard InChI is InChI=1S/C16H21FN2O3/c17-12-4-1-3-11(14(12)20)15(21)19-13-5-2-10-22-16(13)6-8-18-9-7-16/h1,3-4,13,18,20H,2,5-10H2,(H,19,21). The molecular formula is C16H21FN2O3. The fourth-order valence-electron chi connectivity index (χ4n) is 3.41. The number of aromatic hydroxyl groups is 1. The first-order valence-corrected chi connectivity index (χ1v) is 7.75. The van der Waals surface area contributed by atoms with E-state index in [1.54, 1.807) is 0 Å². The van der Waals surface area contributed by atoms with E-state index >= 15 is 0 Å². The van der Waals surface area contributed by atoms with Crippen LogP contribution in [0.4, 0.5) is 4.39 Å². The van der Waals surface area contributed by atoms with Crippen molar-refractivity contribution in [2.24, 2.45) is 0 Å². The summed E-state index contributed by atoms with van der Waals surface area (Å²) >= 11 is 0. The van der Waals surface area contributed by atoms with E-state index in [1.807, 2.05) is 0 Å². The molecule has 0 aromatic heterocycles. The lowest BCUT2D eigenvalue weighted by Gasteiger charge is -2.46. The number of piperidine rings is 1. The van der Waals surface area contributed by atoms with Gasteiger partial charge in [0.2, 0.25) is 0 Å². The molecule has 1 aromatic rings. The predicted molar refractivity (Wildman–Crippen MR) is 79.3 cm³/mol. The maximum atomic E-state index is 13.4. The van der Waals surface area contributed by atoms with Gasteiger partial charge < -0.3 is 20.5 Å². The summed E-state index contributed by atoms with van der Waals surface area (Å²) in [6.07, 6.45) is 3.40. The highest BCUT2D eigenvalue weighted by molar-refractivity contribution is 5.97. The third-order valence-electron chi connectivity index (χ3n) is 4.65. The van der Waals surface area contributed by atoms with E-state index in [1.165, 1.54) is 12.1 Å². The van der Waals surface area contributed by atoms with Gasteiger partial charge in [0.05, 0.1) is 17.2 Å². The molecule has 2 heterocycles. The molecule has 0 bridgehead atoms. The van der Waals surface area contributed by atoms with Gasteiger partial charge in [-0.3, -0.25) is 4.79 Å². The number of carbonyl (C=O) groups is 1. The van der Waals surface area contributed by atoms with E-state index in [2.05, 4.69) is 10.6 Å². The largest absolute Gasteiger partial charge is 0.504 e. The van der Waals surface area contributed by atoms with E-state index in [9.17, 15) is 14.3 Å². The van der Waals surface area contributed by atoms with Gasteiger partial charge in [0.1, 0.15) is 0 Å². The van der Waals surface area contributed by atoms with Gasteiger partial charge in [-0.15, -0.1) is 0 Å². The molecule has 2 aliphatic rings. The first-order chi connectivity index (χ1) is 10.6. The van der Waals surface area contributed by atoms with Crippen molar-refractivity contribution in [2.45, 2.75) is 37.3 Å². The molecule has 1 spiro atoms. The van der Waals surface area contributed by atoms with Crippen molar-refractivity contribution in [2.75, 3.05) is 19.7 Å². The Morgan fingerprint density at radius 3 is 2.95 bits per heavy atom. The first-order valence-electron chi connectivity index (χ1n) is 7.75. The second-order valence-electron chi connectivity index (χ2n) is 5.97. The molecule has 0 saturated carbocycles. The zero-order valence-electron chi connectivity index (χ0n) is 12.4. The fraction of sp³-hybridized carbons (Fsp3) is 0.562. The number of rotatable bonds is 2. The number of hydrogen-bond donors (Lipinski definition) is 3. The van der Waals surface area contributed by atoms with Crippen molar-refractivity contribution in [3.05, 3.63) is 29.6 Å². The minimum atomic E-state index is -0.788. The van der Waals surface area contributed by atoms with Crippen LogP contribution < -0.4 is 10.6 Å². The second-order valence-corrected chi connectivity index (χ2v) is 5.97. The second kappa shape index (κ2) is 6.22. The van der Waals surface area contributed by atoms with Gasteiger partial charge in [-0.2, -0.15) is 0 Å². The van der Waals surface area contributed by atoms with Gasteiger partial charge in [0.15, 0.2) is 11.6 Å². The Morgan fingerprint density at radius 1 is 1.41 bits per heavy atom. The Kier molecular flexibility index (Phi) is 4.31. The van der Waals surface area contributed by atoms with Crippen LogP contribution in [0.5, 0.6) is 5.75 Å². The van der Waals surface area contributed by atoms with E-state index in [4.69, 9.17) is 4.74 Å². The van der Waals surface area contributed by atoms with Crippen molar-refractivity contribution in [3.8, 4) is 5.75 Å². The summed E-state index contributed by atoms with van der Waals surface area (Å²) in [4.78, 5) is 12.4. The molecule has 22 heavy (non-hydrogen) atoms. The van der Waals surface area contributed by atoms with Crippen LogP contribution >= 0.6 is 0 Å². The molecule has 1 amide bonds. The highest BCUT2D eigenvalue weighted by atomic mass is 19.1. The summed E-state index contributed by atoms with van der Waals surface area (Å²) in [5, 5.41) is 16.0. The van der Waals surface area contributed by atoms with Crippen molar-refractivity contribution < 1.29 is 19.0 Å². The van der Waals surface area contributed by atoms with E-state index in [0.29, 0.717) is 6.61 Å². The highest BCUT2D eigenvalue weighted by Gasteiger charge is 2.43. The molecule has 2 aliphatic heterocycles. The molecule has 1 aromatic carbocycles. The smallest absolute Gasteiger partial charge is 0.255 e. The van der Waals surface area contributed by atoms with Crippen LogP contribution in [-0.2, 0) is 4.74 Å². The molecule has 3 N–H and O–H groups in total. The topological polar surface area (TPSA) is 70.6 Å². The summed E-state index contributed by atoms with van der Waals surface area (Å²) < 4.78 is 19.4. The maximum absolute atomic E-state index is 13.4. The predicted octanol–water partition coefficient (Wildman–Crippen LogP) is 1.56. The number of phenols is 1. The molecule has 1 atom stereocenters. The molecule has 6 heteroatoms. The molecule has 2 saturated heterocycles. The number of phenolic OH excluding ortho intramolecular Hbond substituents is 1. The molecule has 1 unspecified atom stereocenters. The van der Waals surface area contributed by atoms with Crippen LogP contribution in [0.2, 0.25) is 0 Å². The number of halogens is 1. The minimum absolute atomic E-state index is 0.0327. The van der Waals surface area contributed by atoms with Gasteiger partial charge >= 0.3 is 0 Å². The Labute approximate surface area is 128 Å². The third-order valence-corrected chi connectivity index (χ3v) is 4.65. The summed E-state index contributed by atoms with van der Waals surface area (Å²) in [5.41, 5.74) is -0.378. The van der Waals surface area contributed by atoms with Gasteiger partial charge in [-0.1, -0.05) is 6.07 Å². The number of carbonyl (C=O) groups excluding carboxylic acids is 1. The summed E-state index contributed by atoms with van der Waals surface area (Å²) in [6, 6.07) is 3.86. The average Bonchev–Trinajstić information content (AvgIpc) is 2.53. The van der Waals surface area contributed by atoms with Crippen LogP contribution in [0.25, 0.3) is 0 Å². The van der Waals surface area contributed by atoms with Crippen molar-refractivity contribution in [3.63, 3.8) is 0 Å². The first kappa shape index (κ1) is 15.2. The zero-order chi connectivity index (χ0) is 15.6. The number of amides is 1. The number of para-hydroxylation sites is 1. The summed E-state index contributed by atoms with van der Waals surface area (Å²) in [5.74, 6) is -1.84. The lowest BCUT2D eigenvalue weighted by atomic mass is 9.80. The summed E-state index contributed by atoms with van der Waals surface area (Å²) in [6.45, 7) is 2.42. The van der Waals surface area contributed by atoms with Crippen LogP contribution in [0.1, 0.15) is 36.0 Å². The van der Waals surface area contributed by atoms with Gasteiger partial charge in [0, 0.05) is 6.61 Å². The van der Waals surface area contributed by atoms with Crippen molar-refractivity contribution in [1.29, 1.82) is 0 Å². The lowest BCUT2D eigenvalue weighted by molar-refractivity contribution is -0.114. The SMILES string of the molecule is O=C(NC1CCCOC12CCNCC2)c1cccc(F)c1O. The molecular weight excluding hydrogens is 287 g/mol. The summed E-state index contributed by atoms with van der Waals surface area (Å²) in [7, 11) is 0. The number of hydrogen-bond acceptors (Lipinski definition) is 4. The molecule has 5 nitrogen and oxygen atoms in total. The number of benzene rings is 1. The Balaban J connectivity index is 1.78. The Morgan fingerprint density at radius 2 is 2.18 bits per heavy atom. The molecule has 2 fully saturated rings. The fourth-order valence-corrected chi connectivity index (χ4v) is 3.41. The van der Waals surface area contributed by atoms with Crippen LogP contribution in [-0.4, -0.2) is 42.4 Å². The van der Waals surface area contributed by atoms with E-state index in [-0.39, 0.29) is 17.2 Å². The van der Waals surface area contributed by atoms with Crippen molar-refractivity contribution >= 4 is 5.91 Å². The normalized spacial score (nSPS) is 24.1. The average molecular weight is 308 g/mol. The maximum Gasteiger partial charge on any atom is 0.255 e. The van der Waals surface area contributed by atoms with Gasteiger partial charge in [0.25, 0.3) is 5.91 Å². The number of ether oxygens (including phenoxy) is 1. The van der Waals surface area contributed by atoms with Crippen LogP contribution in [0.15, 0.2) is 18.2 Å². The Bertz CT molecular complexity index is 550. The van der Waals surface area contributed by atoms with Crippen LogP contribution in [0, 0.1) is 5.82 Å². The molecule has 0 aliphatic carbocycles. The van der Waals surface area contributed by atoms with Crippen LogP contribution in [0.3, 0.4) is 0 Å². The van der Waals surface area contributed by atoms with Gasteiger partial charge in [-0.25, -0.2) is 4.39 Å². The Hall–Kier alpha value is -1.66. The monoisotopic (exact) mass is 308 g/mol. The van der Waals surface area contributed by atoms with E-state index < -0.39 is 17.5 Å². The molecule has 120 valence electrons. The van der Waals surface area contributed by atoms with Crippen molar-refractivity contribution in [1.82, 2.24) is 10.6 Å². The number of nitrogens with one attached hydrogen (secondary N) is 2. The third kappa shape index (κ3) is 2.80. The zero-order valence-corrected chi connectivity index (χ0v) is 12.4. The lowest BCUT2D eigenvalue weighted by Crippen LogP contribution is -2.60.